The van der Waals surface area contributed by atoms with Gasteiger partial charge >= 0.3 is 0 Å². The smallest absolute Gasteiger partial charge is 0.193 e. The molecule has 1 aromatic rings. The third kappa shape index (κ3) is 5.18. The largest absolute Gasteiger partial charge is 0.351 e. The molecule has 1 N–H and O–H groups in total. The number of hydrogen-bond donors (Lipinski definition) is 1. The van der Waals surface area contributed by atoms with Crippen molar-refractivity contribution in [1.82, 2.24) is 20.1 Å². The molecule has 5 nitrogen and oxygen atoms in total. The van der Waals surface area contributed by atoms with Gasteiger partial charge in [0.05, 0.1) is 17.2 Å². The van der Waals surface area contributed by atoms with Gasteiger partial charge in [-0.25, -0.2) is 4.98 Å². The number of aryl methyl sites for hydroxylation is 1. The number of guanidine groups is 1. The lowest BCUT2D eigenvalue weighted by atomic mass is 10.1. The first-order valence-corrected chi connectivity index (χ1v) is 9.69. The van der Waals surface area contributed by atoms with E-state index in [0.29, 0.717) is 0 Å². The molecule has 130 valence electrons. The molecule has 1 aromatic heterocycles. The van der Waals surface area contributed by atoms with E-state index >= 15 is 0 Å². The fourth-order valence-corrected chi connectivity index (χ4v) is 3.86. The summed E-state index contributed by atoms with van der Waals surface area (Å²) in [6.45, 7) is 13.1. The van der Waals surface area contributed by atoms with Gasteiger partial charge in [-0.05, 0) is 31.8 Å². The van der Waals surface area contributed by atoms with Crippen molar-refractivity contribution in [3.63, 3.8) is 0 Å². The Morgan fingerprint density at radius 3 is 2.83 bits per heavy atom. The second kappa shape index (κ2) is 9.23. The quantitative estimate of drug-likeness (QED) is 0.613. The first-order valence-electron chi connectivity index (χ1n) is 8.81. The highest BCUT2D eigenvalue weighted by atomic mass is 32.1. The lowest BCUT2D eigenvalue weighted by molar-refractivity contribution is 0.255. The maximum atomic E-state index is 4.61. The number of thiazole rings is 1. The molecule has 1 aliphatic rings. The van der Waals surface area contributed by atoms with E-state index in [0.717, 1.165) is 56.7 Å². The van der Waals surface area contributed by atoms with Crippen LogP contribution in [0.5, 0.6) is 0 Å². The fraction of sp³-hybridized carbons (Fsp3) is 0.765. The Kier molecular flexibility index (Phi) is 7.30. The Morgan fingerprint density at radius 2 is 2.22 bits per heavy atom. The van der Waals surface area contributed by atoms with Crippen molar-refractivity contribution in [2.24, 2.45) is 10.9 Å². The van der Waals surface area contributed by atoms with Crippen LogP contribution in [0.25, 0.3) is 0 Å². The lowest BCUT2D eigenvalue weighted by Crippen LogP contribution is -2.40. The van der Waals surface area contributed by atoms with Gasteiger partial charge in [-0.15, -0.1) is 11.3 Å². The van der Waals surface area contributed by atoms with Gasteiger partial charge < -0.3 is 15.1 Å². The van der Waals surface area contributed by atoms with Crippen molar-refractivity contribution in [3.05, 3.63) is 16.1 Å². The highest BCUT2D eigenvalue weighted by molar-refractivity contribution is 7.09. The molecule has 2 rings (SSSR count). The summed E-state index contributed by atoms with van der Waals surface area (Å²) in [4.78, 5) is 14.0. The van der Waals surface area contributed by atoms with Crippen molar-refractivity contribution in [3.8, 4) is 0 Å². The van der Waals surface area contributed by atoms with Crippen molar-refractivity contribution >= 4 is 17.3 Å². The minimum Gasteiger partial charge on any atom is -0.351 e. The third-order valence-electron chi connectivity index (χ3n) is 4.54. The zero-order chi connectivity index (χ0) is 16.7. The van der Waals surface area contributed by atoms with Crippen LogP contribution in [0.3, 0.4) is 0 Å². The van der Waals surface area contributed by atoms with Crippen LogP contribution in [0.15, 0.2) is 10.4 Å². The Hall–Kier alpha value is -1.14. The topological polar surface area (TPSA) is 43.8 Å². The van der Waals surface area contributed by atoms with Gasteiger partial charge in [-0.2, -0.15) is 0 Å². The summed E-state index contributed by atoms with van der Waals surface area (Å²) < 4.78 is 0. The summed E-state index contributed by atoms with van der Waals surface area (Å²) in [6.07, 6.45) is 2.27. The van der Waals surface area contributed by atoms with Gasteiger partial charge in [0.25, 0.3) is 0 Å². The summed E-state index contributed by atoms with van der Waals surface area (Å²) >= 11 is 1.74. The van der Waals surface area contributed by atoms with E-state index in [1.165, 1.54) is 18.0 Å². The van der Waals surface area contributed by atoms with E-state index in [2.05, 4.69) is 51.2 Å². The molecule has 1 saturated heterocycles. The first-order chi connectivity index (χ1) is 11.2. The van der Waals surface area contributed by atoms with Crippen molar-refractivity contribution in [1.29, 1.82) is 0 Å². The van der Waals surface area contributed by atoms with E-state index in [-0.39, 0.29) is 0 Å². The Balaban J connectivity index is 1.82. The molecule has 1 atom stereocenters. The van der Waals surface area contributed by atoms with Crippen LogP contribution in [0, 0.1) is 5.92 Å². The van der Waals surface area contributed by atoms with Crippen molar-refractivity contribution < 1.29 is 0 Å². The monoisotopic (exact) mass is 337 g/mol. The maximum Gasteiger partial charge on any atom is 0.193 e. The summed E-state index contributed by atoms with van der Waals surface area (Å²) in [5, 5.41) is 6.82. The van der Waals surface area contributed by atoms with Crippen LogP contribution < -0.4 is 5.32 Å². The molecule has 1 fully saturated rings. The zero-order valence-electron chi connectivity index (χ0n) is 15.0. The number of rotatable bonds is 7. The van der Waals surface area contributed by atoms with Crippen LogP contribution >= 0.6 is 11.3 Å². The van der Waals surface area contributed by atoms with Gasteiger partial charge in [-0.1, -0.05) is 20.8 Å². The molecule has 0 aromatic carbocycles. The normalized spacial score (nSPS) is 18.9. The highest BCUT2D eigenvalue weighted by Crippen LogP contribution is 2.18. The lowest BCUT2D eigenvalue weighted by Gasteiger charge is -2.24. The van der Waals surface area contributed by atoms with Gasteiger partial charge in [0.2, 0.25) is 0 Å². The average molecular weight is 338 g/mol. The summed E-state index contributed by atoms with van der Waals surface area (Å²) in [6, 6.07) is 0. The maximum absolute atomic E-state index is 4.61. The molecule has 0 saturated carbocycles. The molecule has 0 radical (unpaired) electrons. The standard InChI is InChI=1S/C17H31N5S/c1-5-16-20-15(13-23-16)10-19-17(18-4)22-9-8-14(12-22)11-21(6-2)7-3/h13-14H,5-12H2,1-4H3,(H,18,19). The van der Waals surface area contributed by atoms with E-state index in [1.54, 1.807) is 11.3 Å². The van der Waals surface area contributed by atoms with Crippen LogP contribution in [0.1, 0.15) is 37.9 Å². The molecular weight excluding hydrogens is 306 g/mol. The summed E-state index contributed by atoms with van der Waals surface area (Å²) in [7, 11) is 1.87. The Labute approximate surface area is 144 Å². The molecule has 6 heteroatoms. The van der Waals surface area contributed by atoms with Crippen molar-refractivity contribution in [2.75, 3.05) is 39.8 Å². The van der Waals surface area contributed by atoms with E-state index in [1.807, 2.05) is 7.05 Å². The van der Waals surface area contributed by atoms with Crippen molar-refractivity contribution in [2.45, 2.75) is 40.2 Å². The van der Waals surface area contributed by atoms with Gasteiger partial charge in [0, 0.05) is 32.1 Å². The number of aliphatic imine (C=N–C) groups is 1. The van der Waals surface area contributed by atoms with E-state index in [4.69, 9.17) is 0 Å². The predicted molar refractivity (Wildman–Crippen MR) is 99.2 cm³/mol. The summed E-state index contributed by atoms with van der Waals surface area (Å²) in [5.74, 6) is 1.76. The molecule has 0 bridgehead atoms. The molecule has 2 heterocycles. The van der Waals surface area contributed by atoms with Gasteiger partial charge in [-0.3, -0.25) is 4.99 Å². The molecule has 1 aliphatic heterocycles. The van der Waals surface area contributed by atoms with E-state index in [9.17, 15) is 0 Å². The van der Waals surface area contributed by atoms with Crippen LogP contribution in [0.2, 0.25) is 0 Å². The molecule has 0 spiro atoms. The average Bonchev–Trinajstić information content (AvgIpc) is 3.22. The molecule has 1 unspecified atom stereocenters. The third-order valence-corrected chi connectivity index (χ3v) is 5.58. The van der Waals surface area contributed by atoms with Crippen LogP contribution in [-0.2, 0) is 13.0 Å². The Bertz CT molecular complexity index is 495. The zero-order valence-corrected chi connectivity index (χ0v) is 15.8. The number of nitrogens with zero attached hydrogens (tertiary/aromatic N) is 4. The first kappa shape index (κ1) is 18.2. The van der Waals surface area contributed by atoms with Gasteiger partial charge in [0.15, 0.2) is 5.96 Å². The molecule has 23 heavy (non-hydrogen) atoms. The molecule has 0 aliphatic carbocycles. The fourth-order valence-electron chi connectivity index (χ4n) is 3.12. The second-order valence-corrected chi connectivity index (χ2v) is 7.02. The molecule has 0 amide bonds. The van der Waals surface area contributed by atoms with Gasteiger partial charge in [0.1, 0.15) is 0 Å². The summed E-state index contributed by atoms with van der Waals surface area (Å²) in [5.41, 5.74) is 1.12. The number of likely N-dealkylation sites (tertiary alicyclic amines) is 1. The predicted octanol–water partition coefficient (Wildman–Crippen LogP) is 2.44. The van der Waals surface area contributed by atoms with Crippen LogP contribution in [-0.4, -0.2) is 60.5 Å². The Morgan fingerprint density at radius 1 is 1.43 bits per heavy atom. The minimum atomic E-state index is 0.749. The second-order valence-electron chi connectivity index (χ2n) is 6.07. The van der Waals surface area contributed by atoms with E-state index < -0.39 is 0 Å². The molecular formula is C17H31N5S. The van der Waals surface area contributed by atoms with Crippen LogP contribution in [0.4, 0.5) is 0 Å². The number of hydrogen-bond acceptors (Lipinski definition) is 4. The number of nitrogens with one attached hydrogen (secondary N) is 1. The number of aromatic nitrogens is 1. The SMILES string of the molecule is CCc1nc(CNC(=NC)N2CCC(CN(CC)CC)C2)cs1. The minimum absolute atomic E-state index is 0.749. The highest BCUT2D eigenvalue weighted by Gasteiger charge is 2.25.